The quantitative estimate of drug-likeness (QED) is 0.742. The number of amides is 3. The van der Waals surface area contributed by atoms with Gasteiger partial charge in [0.25, 0.3) is 0 Å². The highest BCUT2D eigenvalue weighted by Crippen LogP contribution is 2.29. The summed E-state index contributed by atoms with van der Waals surface area (Å²) in [5.74, 6) is -0.563. The lowest BCUT2D eigenvalue weighted by atomic mass is 10.1. The van der Waals surface area contributed by atoms with E-state index in [4.69, 9.17) is 0 Å². The molecular weight excluding hydrogens is 296 g/mol. The molecule has 3 N–H and O–H groups in total. The van der Waals surface area contributed by atoms with Crippen LogP contribution in [0.1, 0.15) is 19.3 Å². The minimum Gasteiger partial charge on any atom is -0.352 e. The summed E-state index contributed by atoms with van der Waals surface area (Å²) in [4.78, 5) is 37.5. The maximum absolute atomic E-state index is 12.4. The Hall–Kier alpha value is -2.41. The average Bonchev–Trinajstić information content (AvgIpc) is 3.04. The summed E-state index contributed by atoms with van der Waals surface area (Å²) in [5.41, 5.74) is 1.30. The molecule has 0 radical (unpaired) electrons. The number of nitrogens with one attached hydrogen (secondary N) is 3. The standard InChI is InChI=1S/C16H20N4O3/c21-14(18-11-7-8-17-9-11)5-6-16(23)20-10-15(22)19-12-3-1-2-4-13(12)20/h1-4,11,17H,5-10H2,(H,18,21)(H,19,22). The molecule has 3 amide bonds. The van der Waals surface area contributed by atoms with Crippen LogP contribution in [-0.2, 0) is 14.4 Å². The van der Waals surface area contributed by atoms with E-state index in [1.807, 2.05) is 6.07 Å². The molecule has 1 unspecified atom stereocenters. The maximum Gasteiger partial charge on any atom is 0.244 e. The molecule has 122 valence electrons. The molecule has 0 spiro atoms. The van der Waals surface area contributed by atoms with Crippen molar-refractivity contribution in [2.45, 2.75) is 25.3 Å². The number of benzene rings is 1. The van der Waals surface area contributed by atoms with E-state index in [9.17, 15) is 14.4 Å². The first-order chi connectivity index (χ1) is 11.1. The Morgan fingerprint density at radius 1 is 1.26 bits per heavy atom. The molecule has 1 atom stereocenters. The highest BCUT2D eigenvalue weighted by Gasteiger charge is 2.27. The lowest BCUT2D eigenvalue weighted by Gasteiger charge is -2.29. The second-order valence-electron chi connectivity index (χ2n) is 5.80. The number of hydrogen-bond donors (Lipinski definition) is 3. The minimum atomic E-state index is -0.224. The van der Waals surface area contributed by atoms with Crippen LogP contribution in [0.15, 0.2) is 24.3 Å². The highest BCUT2D eigenvalue weighted by atomic mass is 16.2. The molecule has 2 heterocycles. The SMILES string of the molecule is O=C1CN(C(=O)CCC(=O)NC2CCNC2)c2ccccc2N1. The fourth-order valence-electron chi connectivity index (χ4n) is 2.89. The van der Waals surface area contributed by atoms with Gasteiger partial charge in [-0.05, 0) is 25.1 Å². The van der Waals surface area contributed by atoms with Gasteiger partial charge in [0, 0.05) is 25.4 Å². The van der Waals surface area contributed by atoms with Crippen molar-refractivity contribution in [1.82, 2.24) is 10.6 Å². The molecule has 0 aromatic heterocycles. The first kappa shape index (κ1) is 15.5. The molecule has 7 heteroatoms. The summed E-state index contributed by atoms with van der Waals surface area (Å²) in [6.07, 6.45) is 1.14. The van der Waals surface area contributed by atoms with Gasteiger partial charge in [0.2, 0.25) is 17.7 Å². The van der Waals surface area contributed by atoms with Gasteiger partial charge in [0.1, 0.15) is 6.54 Å². The summed E-state index contributed by atoms with van der Waals surface area (Å²) in [6.45, 7) is 1.67. The average molecular weight is 316 g/mol. The van der Waals surface area contributed by atoms with E-state index in [1.54, 1.807) is 18.2 Å². The van der Waals surface area contributed by atoms with E-state index in [0.29, 0.717) is 11.4 Å². The predicted octanol–water partition coefficient (Wildman–Crippen LogP) is 0.230. The number of fused-ring (bicyclic) bond motifs is 1. The largest absolute Gasteiger partial charge is 0.352 e. The van der Waals surface area contributed by atoms with Crippen molar-refractivity contribution >= 4 is 29.1 Å². The van der Waals surface area contributed by atoms with Gasteiger partial charge < -0.3 is 20.9 Å². The first-order valence-corrected chi connectivity index (χ1v) is 7.83. The van der Waals surface area contributed by atoms with Crippen LogP contribution in [0.2, 0.25) is 0 Å². The van der Waals surface area contributed by atoms with Crippen LogP contribution < -0.4 is 20.9 Å². The molecule has 2 aliphatic rings. The van der Waals surface area contributed by atoms with Crippen molar-refractivity contribution in [3.05, 3.63) is 24.3 Å². The summed E-state index contributed by atoms with van der Waals surface area (Å²) in [6, 6.07) is 7.31. The highest BCUT2D eigenvalue weighted by molar-refractivity contribution is 6.10. The monoisotopic (exact) mass is 316 g/mol. The Bertz CT molecular complexity index is 626. The summed E-state index contributed by atoms with van der Waals surface area (Å²) in [7, 11) is 0. The van der Waals surface area contributed by atoms with Gasteiger partial charge in [0.05, 0.1) is 11.4 Å². The van der Waals surface area contributed by atoms with Gasteiger partial charge in [-0.1, -0.05) is 12.1 Å². The van der Waals surface area contributed by atoms with Gasteiger partial charge in [0.15, 0.2) is 0 Å². The van der Waals surface area contributed by atoms with Crippen LogP contribution in [0.25, 0.3) is 0 Å². The van der Waals surface area contributed by atoms with Crippen molar-refractivity contribution in [3.8, 4) is 0 Å². The second-order valence-corrected chi connectivity index (χ2v) is 5.80. The molecule has 1 fully saturated rings. The fourth-order valence-corrected chi connectivity index (χ4v) is 2.89. The molecule has 23 heavy (non-hydrogen) atoms. The molecule has 0 saturated carbocycles. The smallest absolute Gasteiger partial charge is 0.244 e. The topological polar surface area (TPSA) is 90.5 Å². The van der Waals surface area contributed by atoms with E-state index in [-0.39, 0.29) is 43.1 Å². The number of anilines is 2. The van der Waals surface area contributed by atoms with Crippen LogP contribution >= 0.6 is 0 Å². The molecule has 1 aromatic rings. The number of carbonyl (C=O) groups is 3. The lowest BCUT2D eigenvalue weighted by Crippen LogP contribution is -2.43. The first-order valence-electron chi connectivity index (χ1n) is 7.83. The molecule has 0 bridgehead atoms. The van der Waals surface area contributed by atoms with E-state index in [2.05, 4.69) is 16.0 Å². The van der Waals surface area contributed by atoms with Crippen molar-refractivity contribution < 1.29 is 14.4 Å². The van der Waals surface area contributed by atoms with Gasteiger partial charge in [-0.2, -0.15) is 0 Å². The molecule has 0 aliphatic carbocycles. The number of carbonyl (C=O) groups excluding carboxylic acids is 3. The lowest BCUT2D eigenvalue weighted by molar-refractivity contribution is -0.126. The van der Waals surface area contributed by atoms with Crippen LogP contribution in [0.4, 0.5) is 11.4 Å². The summed E-state index contributed by atoms with van der Waals surface area (Å²) in [5, 5.41) is 8.83. The van der Waals surface area contributed by atoms with Crippen molar-refractivity contribution in [1.29, 1.82) is 0 Å². The summed E-state index contributed by atoms with van der Waals surface area (Å²) < 4.78 is 0. The van der Waals surface area contributed by atoms with Crippen LogP contribution in [0, 0.1) is 0 Å². The van der Waals surface area contributed by atoms with Crippen molar-refractivity contribution in [2.75, 3.05) is 29.9 Å². The minimum absolute atomic E-state index is 0.00991. The van der Waals surface area contributed by atoms with E-state index in [0.717, 1.165) is 19.5 Å². The number of nitrogens with zero attached hydrogens (tertiary/aromatic N) is 1. The maximum atomic E-state index is 12.4. The molecule has 1 saturated heterocycles. The normalized spacial score (nSPS) is 19.9. The zero-order valence-corrected chi connectivity index (χ0v) is 12.8. The van der Waals surface area contributed by atoms with E-state index in [1.165, 1.54) is 4.90 Å². The van der Waals surface area contributed by atoms with Crippen LogP contribution in [0.5, 0.6) is 0 Å². The molecule has 1 aromatic carbocycles. The van der Waals surface area contributed by atoms with Crippen LogP contribution in [-0.4, -0.2) is 43.4 Å². The number of rotatable bonds is 4. The van der Waals surface area contributed by atoms with Crippen LogP contribution in [0.3, 0.4) is 0 Å². The zero-order valence-electron chi connectivity index (χ0n) is 12.8. The van der Waals surface area contributed by atoms with Crippen molar-refractivity contribution in [3.63, 3.8) is 0 Å². The Morgan fingerprint density at radius 2 is 2.09 bits per heavy atom. The van der Waals surface area contributed by atoms with Gasteiger partial charge in [-0.15, -0.1) is 0 Å². The van der Waals surface area contributed by atoms with E-state index < -0.39 is 0 Å². The number of hydrogen-bond acceptors (Lipinski definition) is 4. The molecule has 7 nitrogen and oxygen atoms in total. The Balaban J connectivity index is 1.57. The van der Waals surface area contributed by atoms with Gasteiger partial charge in [-0.25, -0.2) is 0 Å². The third-order valence-corrected chi connectivity index (χ3v) is 4.06. The van der Waals surface area contributed by atoms with Gasteiger partial charge >= 0.3 is 0 Å². The third-order valence-electron chi connectivity index (χ3n) is 4.06. The predicted molar refractivity (Wildman–Crippen MR) is 86.1 cm³/mol. The zero-order chi connectivity index (χ0) is 16.2. The molecular formula is C16H20N4O3. The van der Waals surface area contributed by atoms with Gasteiger partial charge in [-0.3, -0.25) is 14.4 Å². The Labute approximate surface area is 134 Å². The van der Waals surface area contributed by atoms with E-state index >= 15 is 0 Å². The third kappa shape index (κ3) is 3.68. The summed E-state index contributed by atoms with van der Waals surface area (Å²) >= 11 is 0. The Kier molecular flexibility index (Phi) is 4.57. The number of para-hydroxylation sites is 2. The van der Waals surface area contributed by atoms with Crippen molar-refractivity contribution in [2.24, 2.45) is 0 Å². The molecule has 2 aliphatic heterocycles. The fraction of sp³-hybridized carbons (Fsp3) is 0.438. The second kappa shape index (κ2) is 6.78. The Morgan fingerprint density at radius 3 is 2.87 bits per heavy atom. The molecule has 3 rings (SSSR count).